The van der Waals surface area contributed by atoms with Crippen molar-refractivity contribution < 1.29 is 4.39 Å². The molecule has 0 amide bonds. The number of anilines is 1. The SMILES string of the molecule is O=c1[nH]ncc(N2CC=C(c3c[nH]c4cc(F)ccc34)CC2)c1Cl. The van der Waals surface area contributed by atoms with E-state index in [4.69, 9.17) is 11.6 Å². The molecule has 0 bridgehead atoms. The van der Waals surface area contributed by atoms with Gasteiger partial charge in [-0.25, -0.2) is 9.49 Å². The van der Waals surface area contributed by atoms with Crippen LogP contribution in [-0.4, -0.2) is 28.3 Å². The lowest BCUT2D eigenvalue weighted by Crippen LogP contribution is -2.30. The number of H-pyrrole nitrogens is 2. The molecule has 0 saturated carbocycles. The summed E-state index contributed by atoms with van der Waals surface area (Å²) in [4.78, 5) is 16.7. The zero-order chi connectivity index (χ0) is 16.7. The van der Waals surface area contributed by atoms with E-state index in [2.05, 4.69) is 21.3 Å². The van der Waals surface area contributed by atoms with Crippen molar-refractivity contribution in [2.75, 3.05) is 18.0 Å². The average molecular weight is 345 g/mol. The van der Waals surface area contributed by atoms with Crippen LogP contribution in [0.4, 0.5) is 10.1 Å². The molecule has 4 rings (SSSR count). The first-order valence-corrected chi connectivity index (χ1v) is 7.95. The van der Waals surface area contributed by atoms with Crippen LogP contribution in [0.25, 0.3) is 16.5 Å². The predicted molar refractivity (Wildman–Crippen MR) is 92.9 cm³/mol. The van der Waals surface area contributed by atoms with Crippen molar-refractivity contribution in [3.8, 4) is 0 Å². The van der Waals surface area contributed by atoms with Crippen LogP contribution < -0.4 is 10.5 Å². The number of rotatable bonds is 2. The molecule has 0 saturated heterocycles. The minimum absolute atomic E-state index is 0.157. The molecule has 7 heteroatoms. The molecule has 5 nitrogen and oxygen atoms in total. The van der Waals surface area contributed by atoms with Crippen molar-refractivity contribution in [3.05, 3.63) is 63.4 Å². The minimum Gasteiger partial charge on any atom is -0.365 e. The van der Waals surface area contributed by atoms with Crippen molar-refractivity contribution in [2.24, 2.45) is 0 Å². The first-order chi connectivity index (χ1) is 11.6. The van der Waals surface area contributed by atoms with Gasteiger partial charge in [-0.05, 0) is 30.2 Å². The average Bonchev–Trinajstić information content (AvgIpc) is 3.00. The van der Waals surface area contributed by atoms with Gasteiger partial charge in [0.05, 0.1) is 11.9 Å². The second-order valence-electron chi connectivity index (χ2n) is 5.72. The lowest BCUT2D eigenvalue weighted by atomic mass is 9.98. The Bertz CT molecular complexity index is 1010. The third-order valence-corrected chi connectivity index (χ3v) is 4.68. The van der Waals surface area contributed by atoms with Crippen LogP contribution in [-0.2, 0) is 0 Å². The van der Waals surface area contributed by atoms with Crippen molar-refractivity contribution in [1.82, 2.24) is 15.2 Å². The summed E-state index contributed by atoms with van der Waals surface area (Å²) in [5, 5.41) is 7.30. The fourth-order valence-electron chi connectivity index (χ4n) is 3.09. The molecule has 0 atom stereocenters. The summed E-state index contributed by atoms with van der Waals surface area (Å²) in [5.41, 5.74) is 3.31. The predicted octanol–water partition coefficient (Wildman–Crippen LogP) is 3.34. The number of halogens is 2. The van der Waals surface area contributed by atoms with Crippen LogP contribution >= 0.6 is 11.6 Å². The molecular weight excluding hydrogens is 331 g/mol. The molecule has 3 aromatic rings. The highest BCUT2D eigenvalue weighted by Crippen LogP contribution is 2.31. The number of hydrogen-bond donors (Lipinski definition) is 2. The van der Waals surface area contributed by atoms with Gasteiger partial charge >= 0.3 is 0 Å². The van der Waals surface area contributed by atoms with Gasteiger partial charge in [0.1, 0.15) is 10.8 Å². The molecule has 0 fully saturated rings. The first-order valence-electron chi connectivity index (χ1n) is 7.57. The molecule has 122 valence electrons. The van der Waals surface area contributed by atoms with Crippen LogP contribution in [0.15, 0.2) is 41.5 Å². The Morgan fingerprint density at radius 1 is 1.33 bits per heavy atom. The summed E-state index contributed by atoms with van der Waals surface area (Å²) < 4.78 is 13.3. The lowest BCUT2D eigenvalue weighted by molar-refractivity contribution is 0.629. The monoisotopic (exact) mass is 344 g/mol. The number of hydrogen-bond acceptors (Lipinski definition) is 3. The van der Waals surface area contributed by atoms with E-state index in [0.717, 1.165) is 29.4 Å². The summed E-state index contributed by atoms with van der Waals surface area (Å²) >= 11 is 6.07. The third kappa shape index (κ3) is 2.49. The number of nitrogens with zero attached hydrogens (tertiary/aromatic N) is 2. The van der Waals surface area contributed by atoms with E-state index in [-0.39, 0.29) is 16.4 Å². The van der Waals surface area contributed by atoms with Crippen LogP contribution in [0.1, 0.15) is 12.0 Å². The minimum atomic E-state index is -0.386. The zero-order valence-electron chi connectivity index (χ0n) is 12.6. The maximum absolute atomic E-state index is 13.3. The molecule has 2 aromatic heterocycles. The van der Waals surface area contributed by atoms with Gasteiger partial charge in [0.2, 0.25) is 0 Å². The number of benzene rings is 1. The van der Waals surface area contributed by atoms with E-state index in [1.807, 2.05) is 11.1 Å². The Hall–Kier alpha value is -2.60. The van der Waals surface area contributed by atoms with E-state index < -0.39 is 0 Å². The van der Waals surface area contributed by atoms with Gasteiger partial charge in [-0.2, -0.15) is 5.10 Å². The van der Waals surface area contributed by atoms with E-state index in [0.29, 0.717) is 12.2 Å². The van der Waals surface area contributed by atoms with Gasteiger partial charge in [0, 0.05) is 35.8 Å². The van der Waals surface area contributed by atoms with Gasteiger partial charge in [-0.15, -0.1) is 0 Å². The Morgan fingerprint density at radius 3 is 3.00 bits per heavy atom. The zero-order valence-corrected chi connectivity index (χ0v) is 13.4. The largest absolute Gasteiger partial charge is 0.365 e. The topological polar surface area (TPSA) is 64.8 Å². The number of aromatic nitrogens is 3. The third-order valence-electron chi connectivity index (χ3n) is 4.32. The van der Waals surface area contributed by atoms with Gasteiger partial charge in [-0.1, -0.05) is 17.7 Å². The Balaban J connectivity index is 1.64. The van der Waals surface area contributed by atoms with Crippen LogP contribution in [0.3, 0.4) is 0 Å². The fourth-order valence-corrected chi connectivity index (χ4v) is 3.30. The smallest absolute Gasteiger partial charge is 0.285 e. The normalized spacial score (nSPS) is 14.9. The van der Waals surface area contributed by atoms with Crippen LogP contribution in [0.2, 0.25) is 5.02 Å². The highest BCUT2D eigenvalue weighted by molar-refractivity contribution is 6.33. The van der Waals surface area contributed by atoms with E-state index in [1.54, 1.807) is 12.3 Å². The van der Waals surface area contributed by atoms with Crippen LogP contribution in [0.5, 0.6) is 0 Å². The quantitative estimate of drug-likeness (QED) is 0.749. The summed E-state index contributed by atoms with van der Waals surface area (Å²) in [7, 11) is 0. The molecular formula is C17H14ClFN4O. The number of aromatic amines is 2. The highest BCUT2D eigenvalue weighted by atomic mass is 35.5. The number of nitrogens with one attached hydrogen (secondary N) is 2. The maximum atomic E-state index is 13.3. The molecule has 24 heavy (non-hydrogen) atoms. The second kappa shape index (κ2) is 5.79. The fraction of sp³-hybridized carbons (Fsp3) is 0.176. The van der Waals surface area contributed by atoms with Gasteiger partial charge in [0.15, 0.2) is 0 Å². The van der Waals surface area contributed by atoms with E-state index in [1.165, 1.54) is 17.7 Å². The second-order valence-corrected chi connectivity index (χ2v) is 6.09. The molecule has 2 N–H and O–H groups in total. The van der Waals surface area contributed by atoms with Crippen molar-refractivity contribution in [1.29, 1.82) is 0 Å². The molecule has 1 aliphatic heterocycles. The van der Waals surface area contributed by atoms with Gasteiger partial charge < -0.3 is 9.88 Å². The van der Waals surface area contributed by atoms with E-state index >= 15 is 0 Å². The molecule has 0 radical (unpaired) electrons. The highest BCUT2D eigenvalue weighted by Gasteiger charge is 2.19. The van der Waals surface area contributed by atoms with Crippen LogP contribution in [0, 0.1) is 5.82 Å². The Labute approximate surface area is 141 Å². The Morgan fingerprint density at radius 2 is 2.21 bits per heavy atom. The van der Waals surface area contributed by atoms with Gasteiger partial charge in [0.25, 0.3) is 5.56 Å². The lowest BCUT2D eigenvalue weighted by Gasteiger charge is -2.28. The maximum Gasteiger partial charge on any atom is 0.285 e. The summed E-state index contributed by atoms with van der Waals surface area (Å²) in [6.45, 7) is 1.36. The number of fused-ring (bicyclic) bond motifs is 1. The van der Waals surface area contributed by atoms with Crippen molar-refractivity contribution in [2.45, 2.75) is 6.42 Å². The van der Waals surface area contributed by atoms with Crippen molar-refractivity contribution in [3.63, 3.8) is 0 Å². The molecule has 0 spiro atoms. The van der Waals surface area contributed by atoms with Gasteiger partial charge in [-0.3, -0.25) is 4.79 Å². The summed E-state index contributed by atoms with van der Waals surface area (Å²) in [5.74, 6) is -0.254. The standard InChI is InChI=1S/C17H14ClFN4O/c18-16-15(9-21-22-17(16)24)23-5-3-10(4-6-23)13-8-20-14-7-11(19)1-2-12(13)14/h1-3,7-9,20H,4-6H2,(H,22,24). The summed E-state index contributed by atoms with van der Waals surface area (Å²) in [6, 6.07) is 4.76. The molecule has 0 aliphatic carbocycles. The molecule has 1 aliphatic rings. The first kappa shape index (κ1) is 15.0. The molecule has 0 unspecified atom stereocenters. The Kier molecular flexibility index (Phi) is 3.61. The molecule has 3 heterocycles. The summed E-state index contributed by atoms with van der Waals surface area (Å²) in [6.07, 6.45) is 6.38. The molecule has 1 aromatic carbocycles. The van der Waals surface area contributed by atoms with Crippen molar-refractivity contribution >= 4 is 33.8 Å². The van der Waals surface area contributed by atoms with E-state index in [9.17, 15) is 9.18 Å².